The molecule has 94 valence electrons. The van der Waals surface area contributed by atoms with Crippen molar-refractivity contribution in [2.45, 2.75) is 13.5 Å². The van der Waals surface area contributed by atoms with E-state index < -0.39 is 0 Å². The summed E-state index contributed by atoms with van der Waals surface area (Å²) in [5.74, 6) is 0. The molecule has 2 aromatic rings. The monoisotopic (exact) mass is 278 g/mol. The number of thiocarbonyl (C=S) groups is 1. The minimum absolute atomic E-state index is 0.383. The van der Waals surface area contributed by atoms with Gasteiger partial charge in [-0.3, -0.25) is 4.98 Å². The summed E-state index contributed by atoms with van der Waals surface area (Å²) in [7, 11) is 1.98. The predicted octanol–water partition coefficient (Wildman–Crippen LogP) is 2.12. The third kappa shape index (κ3) is 2.83. The van der Waals surface area contributed by atoms with Crippen molar-refractivity contribution in [3.8, 4) is 0 Å². The topological polar surface area (TPSA) is 55.0 Å². The van der Waals surface area contributed by atoms with Gasteiger partial charge in [0.25, 0.3) is 0 Å². The normalized spacial score (nSPS) is 10.3. The molecular formula is C12H14N4S2. The predicted molar refractivity (Wildman–Crippen MR) is 79.1 cm³/mol. The van der Waals surface area contributed by atoms with Crippen LogP contribution in [0, 0.1) is 6.92 Å². The fourth-order valence-corrected chi connectivity index (χ4v) is 2.48. The summed E-state index contributed by atoms with van der Waals surface area (Å²) in [6, 6.07) is 1.83. The lowest BCUT2D eigenvalue weighted by atomic mass is 10.2. The highest BCUT2D eigenvalue weighted by atomic mass is 32.1. The van der Waals surface area contributed by atoms with Crippen LogP contribution in [0.3, 0.4) is 0 Å². The number of nitrogens with zero attached hydrogens (tertiary/aromatic N) is 3. The maximum absolute atomic E-state index is 5.71. The molecule has 0 aliphatic carbocycles. The maximum atomic E-state index is 5.71. The Bertz CT molecular complexity index is 565. The Morgan fingerprint density at radius 1 is 1.56 bits per heavy atom. The molecule has 0 saturated heterocycles. The Balaban J connectivity index is 2.23. The van der Waals surface area contributed by atoms with Crippen LogP contribution in [0.5, 0.6) is 0 Å². The smallest absolute Gasteiger partial charge is 0.106 e. The van der Waals surface area contributed by atoms with Gasteiger partial charge in [0, 0.05) is 24.2 Å². The van der Waals surface area contributed by atoms with E-state index in [1.54, 1.807) is 23.7 Å². The van der Waals surface area contributed by atoms with Crippen molar-refractivity contribution in [1.82, 2.24) is 9.97 Å². The van der Waals surface area contributed by atoms with Gasteiger partial charge in [-0.15, -0.1) is 11.3 Å². The Morgan fingerprint density at radius 2 is 2.33 bits per heavy atom. The van der Waals surface area contributed by atoms with Crippen LogP contribution >= 0.6 is 23.6 Å². The van der Waals surface area contributed by atoms with Gasteiger partial charge in [-0.05, 0) is 13.0 Å². The highest BCUT2D eigenvalue weighted by Crippen LogP contribution is 2.20. The van der Waals surface area contributed by atoms with E-state index in [9.17, 15) is 0 Å². The van der Waals surface area contributed by atoms with Crippen molar-refractivity contribution < 1.29 is 0 Å². The molecule has 2 rings (SSSR count). The zero-order valence-corrected chi connectivity index (χ0v) is 11.9. The second-order valence-electron chi connectivity index (χ2n) is 3.97. The maximum Gasteiger partial charge on any atom is 0.106 e. The minimum Gasteiger partial charge on any atom is -0.389 e. The van der Waals surface area contributed by atoms with Crippen molar-refractivity contribution in [2.24, 2.45) is 5.73 Å². The van der Waals surface area contributed by atoms with Crippen molar-refractivity contribution in [2.75, 3.05) is 11.9 Å². The Kier molecular flexibility index (Phi) is 3.88. The van der Waals surface area contributed by atoms with E-state index in [1.165, 1.54) is 0 Å². The van der Waals surface area contributed by atoms with E-state index in [4.69, 9.17) is 18.0 Å². The highest BCUT2D eigenvalue weighted by Gasteiger charge is 2.11. The molecule has 2 heterocycles. The summed E-state index contributed by atoms with van der Waals surface area (Å²) >= 11 is 6.70. The Labute approximate surface area is 115 Å². The van der Waals surface area contributed by atoms with Gasteiger partial charge in [0.1, 0.15) is 4.99 Å². The van der Waals surface area contributed by atoms with Crippen LogP contribution in [-0.2, 0) is 6.54 Å². The summed E-state index contributed by atoms with van der Waals surface area (Å²) in [5, 5.41) is 3.13. The molecule has 0 fully saturated rings. The van der Waals surface area contributed by atoms with E-state index in [1.807, 2.05) is 20.0 Å². The lowest BCUT2D eigenvalue weighted by Gasteiger charge is -2.20. The largest absolute Gasteiger partial charge is 0.389 e. The SMILES string of the molecule is Cc1nc(CN(C)c2cnccc2C(N)=S)cs1. The molecule has 0 radical (unpaired) electrons. The summed E-state index contributed by atoms with van der Waals surface area (Å²) in [6.07, 6.45) is 3.46. The molecule has 18 heavy (non-hydrogen) atoms. The van der Waals surface area contributed by atoms with Gasteiger partial charge >= 0.3 is 0 Å². The first-order valence-electron chi connectivity index (χ1n) is 5.44. The molecule has 0 atom stereocenters. The van der Waals surface area contributed by atoms with E-state index in [-0.39, 0.29) is 0 Å². The number of rotatable bonds is 4. The number of pyridine rings is 1. The molecule has 0 bridgehead atoms. The lowest BCUT2D eigenvalue weighted by molar-refractivity contribution is 0.885. The van der Waals surface area contributed by atoms with Crippen LogP contribution in [-0.4, -0.2) is 22.0 Å². The van der Waals surface area contributed by atoms with Gasteiger partial charge in [-0.25, -0.2) is 4.98 Å². The first-order valence-corrected chi connectivity index (χ1v) is 6.72. The first kappa shape index (κ1) is 12.9. The number of hydrogen-bond donors (Lipinski definition) is 1. The van der Waals surface area contributed by atoms with Crippen molar-refractivity contribution in [1.29, 1.82) is 0 Å². The Hall–Kier alpha value is -1.53. The number of aromatic nitrogens is 2. The first-order chi connectivity index (χ1) is 8.58. The minimum atomic E-state index is 0.383. The Morgan fingerprint density at radius 3 is 2.94 bits per heavy atom. The molecule has 0 unspecified atom stereocenters. The number of aryl methyl sites for hydroxylation is 1. The molecule has 0 aromatic carbocycles. The fourth-order valence-electron chi connectivity index (χ4n) is 1.71. The van der Waals surface area contributed by atoms with Gasteiger partial charge in [-0.2, -0.15) is 0 Å². The zero-order chi connectivity index (χ0) is 13.1. The number of anilines is 1. The summed E-state index contributed by atoms with van der Waals surface area (Å²) in [6.45, 7) is 2.71. The van der Waals surface area contributed by atoms with Crippen LogP contribution in [0.1, 0.15) is 16.3 Å². The van der Waals surface area contributed by atoms with E-state index in [2.05, 4.69) is 20.2 Å². The summed E-state index contributed by atoms with van der Waals surface area (Å²) < 4.78 is 0. The zero-order valence-electron chi connectivity index (χ0n) is 10.3. The molecule has 2 N–H and O–H groups in total. The van der Waals surface area contributed by atoms with Gasteiger partial charge < -0.3 is 10.6 Å². The lowest BCUT2D eigenvalue weighted by Crippen LogP contribution is -2.21. The second-order valence-corrected chi connectivity index (χ2v) is 5.47. The second kappa shape index (κ2) is 5.41. The number of hydrogen-bond acceptors (Lipinski definition) is 5. The van der Waals surface area contributed by atoms with E-state index in [0.717, 1.165) is 22.0 Å². The molecule has 0 spiro atoms. The molecule has 0 aliphatic rings. The fraction of sp³-hybridized carbons (Fsp3) is 0.250. The van der Waals surface area contributed by atoms with E-state index in [0.29, 0.717) is 11.5 Å². The third-order valence-electron chi connectivity index (χ3n) is 2.54. The van der Waals surface area contributed by atoms with Crippen LogP contribution in [0.25, 0.3) is 0 Å². The van der Waals surface area contributed by atoms with Crippen LogP contribution in [0.2, 0.25) is 0 Å². The van der Waals surface area contributed by atoms with Gasteiger partial charge in [0.2, 0.25) is 0 Å². The van der Waals surface area contributed by atoms with Crippen molar-refractivity contribution in [3.63, 3.8) is 0 Å². The van der Waals surface area contributed by atoms with Gasteiger partial charge in [0.15, 0.2) is 0 Å². The van der Waals surface area contributed by atoms with Gasteiger partial charge in [0.05, 0.1) is 29.1 Å². The molecule has 2 aromatic heterocycles. The van der Waals surface area contributed by atoms with Crippen molar-refractivity contribution in [3.05, 3.63) is 40.1 Å². The quantitative estimate of drug-likeness (QED) is 0.868. The van der Waals surface area contributed by atoms with Crippen molar-refractivity contribution >= 4 is 34.2 Å². The summed E-state index contributed by atoms with van der Waals surface area (Å²) in [5.41, 5.74) is 8.52. The number of thiazole rings is 1. The average molecular weight is 278 g/mol. The van der Waals surface area contributed by atoms with Gasteiger partial charge in [-0.1, -0.05) is 12.2 Å². The number of nitrogens with two attached hydrogens (primary N) is 1. The molecule has 6 heteroatoms. The average Bonchev–Trinajstić information content (AvgIpc) is 2.74. The molecule has 0 aliphatic heterocycles. The summed E-state index contributed by atoms with van der Waals surface area (Å²) in [4.78, 5) is 11.0. The van der Waals surface area contributed by atoms with E-state index >= 15 is 0 Å². The molecule has 0 saturated carbocycles. The molecular weight excluding hydrogens is 264 g/mol. The molecule has 4 nitrogen and oxygen atoms in total. The standard InChI is InChI=1S/C12H14N4S2/c1-8-15-9(7-18-8)6-16(2)11-5-14-4-3-10(11)12(13)17/h3-5,7H,6H2,1-2H3,(H2,13,17). The highest BCUT2D eigenvalue weighted by molar-refractivity contribution is 7.80. The molecule has 0 amide bonds. The third-order valence-corrected chi connectivity index (χ3v) is 3.58. The van der Waals surface area contributed by atoms with Crippen LogP contribution < -0.4 is 10.6 Å². The van der Waals surface area contributed by atoms with Crippen LogP contribution in [0.15, 0.2) is 23.8 Å². The van der Waals surface area contributed by atoms with Crippen LogP contribution in [0.4, 0.5) is 5.69 Å².